The highest BCUT2D eigenvalue weighted by atomic mass is 32.1. The van der Waals surface area contributed by atoms with E-state index in [9.17, 15) is 0 Å². The summed E-state index contributed by atoms with van der Waals surface area (Å²) in [5.41, 5.74) is 1.07. The first-order valence-corrected chi connectivity index (χ1v) is 6.76. The summed E-state index contributed by atoms with van der Waals surface area (Å²) in [4.78, 5) is 0. The summed E-state index contributed by atoms with van der Waals surface area (Å²) in [6.07, 6.45) is 4.85. The summed E-state index contributed by atoms with van der Waals surface area (Å²) >= 11 is 1.53. The standard InChI is InChI=1S/C13H14N4S/c1-2-6-12-11(5-1)13(18-16-12)14-7-3-9-17-10-4-8-15-17/h1-2,4-6,8,10,14H,3,7,9H2. The van der Waals surface area contributed by atoms with Crippen LogP contribution in [0.4, 0.5) is 5.00 Å². The summed E-state index contributed by atoms with van der Waals surface area (Å²) in [7, 11) is 0. The first-order chi connectivity index (χ1) is 8.93. The number of hydrogen-bond donors (Lipinski definition) is 1. The molecule has 0 saturated carbocycles. The molecule has 0 atom stereocenters. The van der Waals surface area contributed by atoms with E-state index in [2.05, 4.69) is 20.9 Å². The van der Waals surface area contributed by atoms with Crippen molar-refractivity contribution >= 4 is 27.4 Å². The SMILES string of the molecule is c1ccc2c(NCCCn3cccn3)snc2c1. The average molecular weight is 258 g/mol. The summed E-state index contributed by atoms with van der Waals surface area (Å²) in [5, 5.41) is 9.99. The van der Waals surface area contributed by atoms with Crippen LogP contribution in [0.5, 0.6) is 0 Å². The minimum absolute atomic E-state index is 0.937. The van der Waals surface area contributed by atoms with Crippen LogP contribution >= 0.6 is 11.5 Å². The van der Waals surface area contributed by atoms with Gasteiger partial charge >= 0.3 is 0 Å². The molecule has 2 heterocycles. The third-order valence-corrected chi connectivity index (χ3v) is 3.63. The zero-order valence-corrected chi connectivity index (χ0v) is 10.7. The number of hydrogen-bond acceptors (Lipinski definition) is 4. The number of anilines is 1. The van der Waals surface area contributed by atoms with Crippen molar-refractivity contribution < 1.29 is 0 Å². The van der Waals surface area contributed by atoms with E-state index in [0.29, 0.717) is 0 Å². The van der Waals surface area contributed by atoms with Gasteiger partial charge in [-0.3, -0.25) is 4.68 Å². The van der Waals surface area contributed by atoms with Crippen molar-refractivity contribution in [2.24, 2.45) is 0 Å². The van der Waals surface area contributed by atoms with Gasteiger partial charge in [-0.25, -0.2) is 0 Å². The van der Waals surface area contributed by atoms with E-state index in [0.717, 1.165) is 30.0 Å². The number of aryl methyl sites for hydroxylation is 1. The summed E-state index contributed by atoms with van der Waals surface area (Å²) in [5.74, 6) is 0. The highest BCUT2D eigenvalue weighted by Gasteiger charge is 2.03. The highest BCUT2D eigenvalue weighted by molar-refractivity contribution is 7.11. The van der Waals surface area contributed by atoms with Crippen molar-refractivity contribution in [3.8, 4) is 0 Å². The van der Waals surface area contributed by atoms with Gasteiger partial charge in [0.2, 0.25) is 0 Å². The zero-order valence-electron chi connectivity index (χ0n) is 9.91. The molecule has 0 unspecified atom stereocenters. The highest BCUT2D eigenvalue weighted by Crippen LogP contribution is 2.26. The molecule has 3 aromatic rings. The molecule has 5 heteroatoms. The largest absolute Gasteiger partial charge is 0.375 e. The van der Waals surface area contributed by atoms with Crippen LogP contribution in [0.25, 0.3) is 10.9 Å². The molecule has 18 heavy (non-hydrogen) atoms. The summed E-state index contributed by atoms with van der Waals surface area (Å²) in [6, 6.07) is 10.2. The lowest BCUT2D eigenvalue weighted by atomic mass is 10.2. The van der Waals surface area contributed by atoms with E-state index < -0.39 is 0 Å². The first-order valence-electron chi connectivity index (χ1n) is 5.99. The number of nitrogens with zero attached hydrogens (tertiary/aromatic N) is 3. The van der Waals surface area contributed by atoms with Crippen LogP contribution in [-0.2, 0) is 6.54 Å². The molecule has 0 fully saturated rings. The Morgan fingerprint density at radius 3 is 3.06 bits per heavy atom. The zero-order chi connectivity index (χ0) is 12.2. The molecule has 0 amide bonds. The third kappa shape index (κ3) is 2.36. The van der Waals surface area contributed by atoms with E-state index in [-0.39, 0.29) is 0 Å². The van der Waals surface area contributed by atoms with Crippen molar-refractivity contribution in [1.82, 2.24) is 14.2 Å². The average Bonchev–Trinajstić information content (AvgIpc) is 3.04. The van der Waals surface area contributed by atoms with Gasteiger partial charge in [0.05, 0.1) is 5.52 Å². The molecule has 4 nitrogen and oxygen atoms in total. The van der Waals surface area contributed by atoms with Gasteiger partial charge in [-0.2, -0.15) is 9.47 Å². The van der Waals surface area contributed by atoms with Crippen LogP contribution in [0.2, 0.25) is 0 Å². The molecule has 0 spiro atoms. The second kappa shape index (κ2) is 5.18. The van der Waals surface area contributed by atoms with Gasteiger partial charge in [0.15, 0.2) is 0 Å². The van der Waals surface area contributed by atoms with Crippen LogP contribution in [0.1, 0.15) is 6.42 Å². The topological polar surface area (TPSA) is 42.7 Å². The normalized spacial score (nSPS) is 10.9. The Kier molecular flexibility index (Phi) is 3.23. The van der Waals surface area contributed by atoms with Crippen molar-refractivity contribution in [3.05, 3.63) is 42.7 Å². The molecule has 2 aromatic heterocycles. The quantitative estimate of drug-likeness (QED) is 0.715. The van der Waals surface area contributed by atoms with Crippen molar-refractivity contribution in [3.63, 3.8) is 0 Å². The lowest BCUT2D eigenvalue weighted by Gasteiger charge is -2.04. The second-order valence-electron chi connectivity index (χ2n) is 4.08. The van der Waals surface area contributed by atoms with E-state index in [4.69, 9.17) is 0 Å². The molecule has 0 aliphatic rings. The Morgan fingerprint density at radius 1 is 1.22 bits per heavy atom. The minimum Gasteiger partial charge on any atom is -0.375 e. The van der Waals surface area contributed by atoms with E-state index >= 15 is 0 Å². The lowest BCUT2D eigenvalue weighted by molar-refractivity contribution is 0.592. The fourth-order valence-corrected chi connectivity index (χ4v) is 2.68. The molecule has 0 aliphatic carbocycles. The van der Waals surface area contributed by atoms with Gasteiger partial charge in [0.1, 0.15) is 5.00 Å². The fraction of sp³-hybridized carbons (Fsp3) is 0.231. The molecule has 92 valence electrons. The molecule has 0 aliphatic heterocycles. The molecule has 1 aromatic carbocycles. The molecular formula is C13H14N4S. The van der Waals surface area contributed by atoms with Crippen molar-refractivity contribution in [2.75, 3.05) is 11.9 Å². The van der Waals surface area contributed by atoms with E-state index in [1.54, 1.807) is 0 Å². The molecular weight excluding hydrogens is 244 g/mol. The van der Waals surface area contributed by atoms with Gasteiger partial charge in [-0.05, 0) is 36.2 Å². The Bertz CT molecular complexity index is 615. The lowest BCUT2D eigenvalue weighted by Crippen LogP contribution is -2.06. The summed E-state index contributed by atoms with van der Waals surface area (Å²) < 4.78 is 6.36. The second-order valence-corrected chi connectivity index (χ2v) is 4.85. The predicted octanol–water partition coefficient (Wildman–Crippen LogP) is 3.00. The number of benzene rings is 1. The number of fused-ring (bicyclic) bond motifs is 1. The van der Waals surface area contributed by atoms with Gasteiger partial charge < -0.3 is 5.32 Å². The molecule has 0 bridgehead atoms. The van der Waals surface area contributed by atoms with Crippen LogP contribution < -0.4 is 5.32 Å². The Hall–Kier alpha value is -1.88. The van der Waals surface area contributed by atoms with Gasteiger partial charge in [-0.15, -0.1) is 0 Å². The molecule has 0 radical (unpaired) electrons. The van der Waals surface area contributed by atoms with Crippen LogP contribution in [0.3, 0.4) is 0 Å². The van der Waals surface area contributed by atoms with Crippen LogP contribution in [0, 0.1) is 0 Å². The minimum atomic E-state index is 0.937. The fourth-order valence-electron chi connectivity index (χ4n) is 1.89. The predicted molar refractivity (Wildman–Crippen MR) is 75.0 cm³/mol. The van der Waals surface area contributed by atoms with Crippen molar-refractivity contribution in [2.45, 2.75) is 13.0 Å². The smallest absolute Gasteiger partial charge is 0.117 e. The molecule has 3 rings (SSSR count). The van der Waals surface area contributed by atoms with E-state index in [1.807, 2.05) is 41.3 Å². The third-order valence-electron chi connectivity index (χ3n) is 2.79. The summed E-state index contributed by atoms with van der Waals surface area (Å²) in [6.45, 7) is 1.88. The first kappa shape index (κ1) is 11.2. The number of nitrogens with one attached hydrogen (secondary N) is 1. The van der Waals surface area contributed by atoms with Crippen molar-refractivity contribution in [1.29, 1.82) is 0 Å². The van der Waals surface area contributed by atoms with Crippen LogP contribution in [0.15, 0.2) is 42.7 Å². The number of rotatable bonds is 5. The number of aromatic nitrogens is 3. The maximum absolute atomic E-state index is 4.41. The van der Waals surface area contributed by atoms with Gasteiger partial charge in [-0.1, -0.05) is 12.1 Å². The maximum atomic E-state index is 4.41. The molecule has 1 N–H and O–H groups in total. The van der Waals surface area contributed by atoms with Gasteiger partial charge in [0.25, 0.3) is 0 Å². The van der Waals surface area contributed by atoms with Crippen LogP contribution in [-0.4, -0.2) is 20.7 Å². The Labute approximate surface area is 109 Å². The molecule has 0 saturated heterocycles. The maximum Gasteiger partial charge on any atom is 0.117 e. The Balaban J connectivity index is 1.57. The van der Waals surface area contributed by atoms with Gasteiger partial charge in [0, 0.05) is 30.9 Å². The Morgan fingerprint density at radius 2 is 2.17 bits per heavy atom. The monoisotopic (exact) mass is 258 g/mol. The van der Waals surface area contributed by atoms with E-state index in [1.165, 1.54) is 16.9 Å².